The SMILES string of the molecule is Cc1cc(C)nc(NCc2ccc(C(=O)O)cc2)n1. The van der Waals surface area contributed by atoms with Crippen LogP contribution in [0.1, 0.15) is 27.3 Å². The molecule has 1 aromatic carbocycles. The maximum Gasteiger partial charge on any atom is 0.335 e. The van der Waals surface area contributed by atoms with Crippen molar-refractivity contribution in [1.82, 2.24) is 9.97 Å². The maximum atomic E-state index is 10.7. The molecule has 2 N–H and O–H groups in total. The van der Waals surface area contributed by atoms with Crippen LogP contribution in [0, 0.1) is 13.8 Å². The van der Waals surface area contributed by atoms with Gasteiger partial charge in [0.1, 0.15) is 0 Å². The Bertz CT molecular complexity index is 574. The molecule has 1 heterocycles. The van der Waals surface area contributed by atoms with Gasteiger partial charge in [0.05, 0.1) is 5.56 Å². The van der Waals surface area contributed by atoms with Crippen molar-refractivity contribution < 1.29 is 9.90 Å². The molecule has 0 saturated carbocycles. The number of anilines is 1. The zero-order valence-electron chi connectivity index (χ0n) is 10.8. The summed E-state index contributed by atoms with van der Waals surface area (Å²) in [6.07, 6.45) is 0. The first-order chi connectivity index (χ1) is 9.04. The van der Waals surface area contributed by atoms with Crippen molar-refractivity contribution in [3.05, 3.63) is 52.8 Å². The van der Waals surface area contributed by atoms with E-state index in [1.807, 2.05) is 19.9 Å². The molecule has 0 amide bonds. The van der Waals surface area contributed by atoms with Crippen molar-refractivity contribution in [1.29, 1.82) is 0 Å². The Morgan fingerprint density at radius 3 is 2.26 bits per heavy atom. The molecule has 0 fully saturated rings. The van der Waals surface area contributed by atoms with Crippen LogP contribution in [0.5, 0.6) is 0 Å². The van der Waals surface area contributed by atoms with Gasteiger partial charge in [0.2, 0.25) is 5.95 Å². The molecule has 2 aromatic rings. The lowest BCUT2D eigenvalue weighted by atomic mass is 10.1. The quantitative estimate of drug-likeness (QED) is 0.879. The van der Waals surface area contributed by atoms with E-state index in [0.717, 1.165) is 17.0 Å². The van der Waals surface area contributed by atoms with Gasteiger partial charge in [-0.2, -0.15) is 0 Å². The van der Waals surface area contributed by atoms with Gasteiger partial charge in [-0.25, -0.2) is 14.8 Å². The van der Waals surface area contributed by atoms with Crippen molar-refractivity contribution in [3.8, 4) is 0 Å². The highest BCUT2D eigenvalue weighted by Crippen LogP contribution is 2.08. The average molecular weight is 257 g/mol. The van der Waals surface area contributed by atoms with Gasteiger partial charge in [-0.05, 0) is 37.6 Å². The van der Waals surface area contributed by atoms with Crippen LogP contribution in [0.4, 0.5) is 5.95 Å². The van der Waals surface area contributed by atoms with Gasteiger partial charge in [-0.1, -0.05) is 12.1 Å². The summed E-state index contributed by atoms with van der Waals surface area (Å²) in [5, 5.41) is 11.9. The van der Waals surface area contributed by atoms with Crippen LogP contribution in [0.2, 0.25) is 0 Å². The van der Waals surface area contributed by atoms with Crippen LogP contribution < -0.4 is 5.32 Å². The third kappa shape index (κ3) is 3.51. The standard InChI is InChI=1S/C14H15N3O2/c1-9-7-10(2)17-14(16-9)15-8-11-3-5-12(6-4-11)13(18)19/h3-7H,8H2,1-2H3,(H,18,19)(H,15,16,17). The number of aromatic carboxylic acids is 1. The van der Waals surface area contributed by atoms with E-state index < -0.39 is 5.97 Å². The van der Waals surface area contributed by atoms with Crippen LogP contribution in [0.3, 0.4) is 0 Å². The van der Waals surface area contributed by atoms with E-state index in [9.17, 15) is 4.79 Å². The summed E-state index contributed by atoms with van der Waals surface area (Å²) in [5.41, 5.74) is 3.09. The highest BCUT2D eigenvalue weighted by molar-refractivity contribution is 5.87. The monoisotopic (exact) mass is 257 g/mol. The number of carbonyl (C=O) groups is 1. The van der Waals surface area contributed by atoms with Crippen molar-refractivity contribution >= 4 is 11.9 Å². The molecule has 0 saturated heterocycles. The smallest absolute Gasteiger partial charge is 0.335 e. The number of hydrogen-bond acceptors (Lipinski definition) is 4. The van der Waals surface area contributed by atoms with E-state index in [0.29, 0.717) is 12.5 Å². The molecule has 0 aliphatic heterocycles. The Hall–Kier alpha value is -2.43. The molecule has 0 atom stereocenters. The molecule has 0 aliphatic carbocycles. The molecule has 2 rings (SSSR count). The van der Waals surface area contributed by atoms with Crippen LogP contribution in [0.25, 0.3) is 0 Å². The van der Waals surface area contributed by atoms with E-state index in [4.69, 9.17) is 5.11 Å². The van der Waals surface area contributed by atoms with E-state index in [1.54, 1.807) is 24.3 Å². The summed E-state index contributed by atoms with van der Waals surface area (Å²) in [5.74, 6) is -0.336. The number of rotatable bonds is 4. The van der Waals surface area contributed by atoms with E-state index in [1.165, 1.54) is 0 Å². The molecule has 5 nitrogen and oxygen atoms in total. The first-order valence-electron chi connectivity index (χ1n) is 5.93. The maximum absolute atomic E-state index is 10.7. The molecule has 0 radical (unpaired) electrons. The number of nitrogens with zero attached hydrogens (tertiary/aromatic N) is 2. The van der Waals surface area contributed by atoms with Gasteiger partial charge in [-0.15, -0.1) is 0 Å². The third-order valence-electron chi connectivity index (χ3n) is 2.63. The van der Waals surface area contributed by atoms with Gasteiger partial charge in [0.15, 0.2) is 0 Å². The fourth-order valence-electron chi connectivity index (χ4n) is 1.75. The predicted molar refractivity (Wildman–Crippen MR) is 72.2 cm³/mol. The average Bonchev–Trinajstić information content (AvgIpc) is 2.36. The van der Waals surface area contributed by atoms with Gasteiger partial charge < -0.3 is 10.4 Å². The number of carboxylic acid groups (broad SMARTS) is 1. The Labute approximate surface area is 111 Å². The minimum Gasteiger partial charge on any atom is -0.478 e. The minimum atomic E-state index is -0.919. The molecule has 0 unspecified atom stereocenters. The van der Waals surface area contributed by atoms with Crippen molar-refractivity contribution in [2.75, 3.05) is 5.32 Å². The zero-order valence-corrected chi connectivity index (χ0v) is 10.8. The van der Waals surface area contributed by atoms with E-state index >= 15 is 0 Å². The number of benzene rings is 1. The lowest BCUT2D eigenvalue weighted by molar-refractivity contribution is 0.0697. The minimum absolute atomic E-state index is 0.284. The van der Waals surface area contributed by atoms with E-state index in [2.05, 4.69) is 15.3 Å². The fourth-order valence-corrected chi connectivity index (χ4v) is 1.75. The van der Waals surface area contributed by atoms with E-state index in [-0.39, 0.29) is 5.56 Å². The molecule has 98 valence electrons. The largest absolute Gasteiger partial charge is 0.478 e. The predicted octanol–water partition coefficient (Wildman–Crippen LogP) is 2.40. The number of nitrogens with one attached hydrogen (secondary N) is 1. The lowest BCUT2D eigenvalue weighted by Gasteiger charge is -2.07. The van der Waals surface area contributed by atoms with Crippen molar-refractivity contribution in [2.24, 2.45) is 0 Å². The van der Waals surface area contributed by atoms with Gasteiger partial charge >= 0.3 is 5.97 Å². The molecule has 0 aliphatic rings. The highest BCUT2D eigenvalue weighted by Gasteiger charge is 2.03. The molecular weight excluding hydrogens is 242 g/mol. The summed E-state index contributed by atoms with van der Waals surface area (Å²) in [6, 6.07) is 8.63. The molecular formula is C14H15N3O2. The highest BCUT2D eigenvalue weighted by atomic mass is 16.4. The van der Waals surface area contributed by atoms with Gasteiger partial charge in [-0.3, -0.25) is 0 Å². The normalized spacial score (nSPS) is 10.2. The van der Waals surface area contributed by atoms with Crippen LogP contribution in [-0.4, -0.2) is 21.0 Å². The second kappa shape index (κ2) is 5.48. The summed E-state index contributed by atoms with van der Waals surface area (Å²) < 4.78 is 0. The van der Waals surface area contributed by atoms with Crippen LogP contribution in [-0.2, 0) is 6.54 Å². The van der Waals surface area contributed by atoms with Crippen molar-refractivity contribution in [2.45, 2.75) is 20.4 Å². The molecule has 0 spiro atoms. The van der Waals surface area contributed by atoms with Crippen LogP contribution in [0.15, 0.2) is 30.3 Å². The first kappa shape index (κ1) is 13.0. The first-order valence-corrected chi connectivity index (χ1v) is 5.93. The van der Waals surface area contributed by atoms with Crippen molar-refractivity contribution in [3.63, 3.8) is 0 Å². The lowest BCUT2D eigenvalue weighted by Crippen LogP contribution is -2.05. The topological polar surface area (TPSA) is 75.1 Å². The third-order valence-corrected chi connectivity index (χ3v) is 2.63. The Morgan fingerprint density at radius 1 is 1.16 bits per heavy atom. The molecule has 0 bridgehead atoms. The molecule has 5 heteroatoms. The summed E-state index contributed by atoms with van der Waals surface area (Å²) in [4.78, 5) is 19.3. The zero-order chi connectivity index (χ0) is 13.8. The number of aromatic nitrogens is 2. The Balaban J connectivity index is 2.03. The molecule has 1 aromatic heterocycles. The van der Waals surface area contributed by atoms with Crippen LogP contribution >= 0.6 is 0 Å². The Kier molecular flexibility index (Phi) is 3.75. The second-order valence-electron chi connectivity index (χ2n) is 4.33. The number of aryl methyl sites for hydroxylation is 2. The molecule has 19 heavy (non-hydrogen) atoms. The van der Waals surface area contributed by atoms with Gasteiger partial charge in [0, 0.05) is 17.9 Å². The number of carboxylic acids is 1. The Morgan fingerprint density at radius 2 is 1.74 bits per heavy atom. The second-order valence-corrected chi connectivity index (χ2v) is 4.33. The fraction of sp³-hybridized carbons (Fsp3) is 0.214. The number of hydrogen-bond donors (Lipinski definition) is 2. The van der Waals surface area contributed by atoms with Gasteiger partial charge in [0.25, 0.3) is 0 Å². The summed E-state index contributed by atoms with van der Waals surface area (Å²) in [6.45, 7) is 4.39. The summed E-state index contributed by atoms with van der Waals surface area (Å²) in [7, 11) is 0. The summed E-state index contributed by atoms with van der Waals surface area (Å²) >= 11 is 0.